The zero-order valence-electron chi connectivity index (χ0n) is 10.8. The number of halogens is 1. The molecule has 1 fully saturated rings. The molecule has 1 aliphatic heterocycles. The van der Waals surface area contributed by atoms with Gasteiger partial charge in [0.2, 0.25) is 0 Å². The molecule has 1 aromatic rings. The van der Waals surface area contributed by atoms with Crippen LogP contribution in [0.4, 0.5) is 4.39 Å². The van der Waals surface area contributed by atoms with Crippen molar-refractivity contribution in [1.82, 2.24) is 4.90 Å². The second kappa shape index (κ2) is 5.71. The van der Waals surface area contributed by atoms with Crippen LogP contribution < -0.4 is 5.46 Å². The van der Waals surface area contributed by atoms with Crippen molar-refractivity contribution >= 4 is 18.5 Å². The summed E-state index contributed by atoms with van der Waals surface area (Å²) in [6, 6.07) is 3.73. The Bertz CT molecular complexity index is 481. The third-order valence-corrected chi connectivity index (χ3v) is 3.47. The fourth-order valence-electron chi connectivity index (χ4n) is 2.43. The van der Waals surface area contributed by atoms with Crippen molar-refractivity contribution in [2.24, 2.45) is 5.92 Å². The van der Waals surface area contributed by atoms with Gasteiger partial charge in [0.15, 0.2) is 0 Å². The summed E-state index contributed by atoms with van der Waals surface area (Å²) in [5.74, 6) is -0.517. The topological polar surface area (TPSA) is 60.8 Å². The molecule has 0 aromatic heterocycles. The molecule has 1 saturated heterocycles. The number of nitrogens with zero attached hydrogens (tertiary/aromatic N) is 1. The summed E-state index contributed by atoms with van der Waals surface area (Å²) in [5, 5.41) is 17.9. The SMILES string of the molecule is C[C@H]1CCCN(C(=O)c2ccc(B(O)O)c(F)c2)C1. The molecule has 0 bridgehead atoms. The van der Waals surface area contributed by atoms with Crippen molar-refractivity contribution in [3.05, 3.63) is 29.6 Å². The Hall–Kier alpha value is -1.40. The van der Waals surface area contributed by atoms with Crippen LogP contribution in [0.3, 0.4) is 0 Å². The Kier molecular flexibility index (Phi) is 4.22. The maximum atomic E-state index is 13.6. The van der Waals surface area contributed by atoms with E-state index in [4.69, 9.17) is 10.0 Å². The molecule has 0 spiro atoms. The number of hydrogen-bond acceptors (Lipinski definition) is 3. The van der Waals surface area contributed by atoms with Gasteiger partial charge in [0.25, 0.3) is 5.91 Å². The zero-order chi connectivity index (χ0) is 14.0. The highest BCUT2D eigenvalue weighted by Gasteiger charge is 2.24. The van der Waals surface area contributed by atoms with Gasteiger partial charge in [-0.05, 0) is 30.9 Å². The predicted molar refractivity (Wildman–Crippen MR) is 70.5 cm³/mol. The van der Waals surface area contributed by atoms with Gasteiger partial charge in [0, 0.05) is 24.1 Å². The van der Waals surface area contributed by atoms with Gasteiger partial charge in [0.1, 0.15) is 5.82 Å². The number of amides is 1. The van der Waals surface area contributed by atoms with Crippen LogP contribution in [0.5, 0.6) is 0 Å². The van der Waals surface area contributed by atoms with E-state index >= 15 is 0 Å². The quantitative estimate of drug-likeness (QED) is 0.760. The van der Waals surface area contributed by atoms with Gasteiger partial charge in [-0.1, -0.05) is 13.0 Å². The van der Waals surface area contributed by atoms with E-state index in [0.29, 0.717) is 19.0 Å². The Morgan fingerprint density at radius 3 is 2.79 bits per heavy atom. The minimum Gasteiger partial charge on any atom is -0.423 e. The summed E-state index contributed by atoms with van der Waals surface area (Å²) in [4.78, 5) is 13.9. The first kappa shape index (κ1) is 14.0. The monoisotopic (exact) mass is 265 g/mol. The lowest BCUT2D eigenvalue weighted by Gasteiger charge is -2.31. The summed E-state index contributed by atoms with van der Waals surface area (Å²) < 4.78 is 13.6. The first-order valence-corrected chi connectivity index (χ1v) is 6.44. The zero-order valence-corrected chi connectivity index (χ0v) is 10.8. The molecule has 0 saturated carbocycles. The maximum Gasteiger partial charge on any atom is 0.491 e. The molecule has 0 unspecified atom stereocenters. The Morgan fingerprint density at radius 2 is 2.21 bits per heavy atom. The average Bonchev–Trinajstić information content (AvgIpc) is 2.37. The molecule has 4 nitrogen and oxygen atoms in total. The normalized spacial score (nSPS) is 19.4. The lowest BCUT2D eigenvalue weighted by Crippen LogP contribution is -2.39. The maximum absolute atomic E-state index is 13.6. The number of carbonyl (C=O) groups is 1. The lowest BCUT2D eigenvalue weighted by molar-refractivity contribution is 0.0682. The van der Waals surface area contributed by atoms with Crippen molar-refractivity contribution in [1.29, 1.82) is 0 Å². The molecule has 2 rings (SSSR count). The summed E-state index contributed by atoms with van der Waals surface area (Å²) >= 11 is 0. The van der Waals surface area contributed by atoms with Crippen molar-refractivity contribution in [2.45, 2.75) is 19.8 Å². The van der Waals surface area contributed by atoms with Crippen LogP contribution in [0.1, 0.15) is 30.1 Å². The second-order valence-electron chi connectivity index (χ2n) is 5.11. The van der Waals surface area contributed by atoms with Crippen LogP contribution in [0.25, 0.3) is 0 Å². The molecule has 0 radical (unpaired) electrons. The summed E-state index contributed by atoms with van der Waals surface area (Å²) in [6.07, 6.45) is 2.07. The second-order valence-corrected chi connectivity index (χ2v) is 5.11. The minimum atomic E-state index is -1.86. The van der Waals surface area contributed by atoms with Gasteiger partial charge >= 0.3 is 7.12 Å². The van der Waals surface area contributed by atoms with Crippen molar-refractivity contribution < 1.29 is 19.2 Å². The van der Waals surface area contributed by atoms with E-state index in [9.17, 15) is 9.18 Å². The molecule has 6 heteroatoms. The number of rotatable bonds is 2. The third-order valence-electron chi connectivity index (χ3n) is 3.47. The predicted octanol–water partition coefficient (Wildman–Crippen LogP) is 0.378. The van der Waals surface area contributed by atoms with Gasteiger partial charge in [0.05, 0.1) is 0 Å². The van der Waals surface area contributed by atoms with Gasteiger partial charge in [-0.25, -0.2) is 4.39 Å². The van der Waals surface area contributed by atoms with Crippen LogP contribution in [0, 0.1) is 11.7 Å². The van der Waals surface area contributed by atoms with E-state index in [1.54, 1.807) is 4.90 Å². The Labute approximate surface area is 112 Å². The molecule has 1 aromatic carbocycles. The largest absolute Gasteiger partial charge is 0.491 e. The molecule has 2 N–H and O–H groups in total. The molecule has 1 aliphatic rings. The van der Waals surface area contributed by atoms with Crippen molar-refractivity contribution in [2.75, 3.05) is 13.1 Å². The standard InChI is InChI=1S/C13H17BFNO3/c1-9-3-2-6-16(8-9)13(17)10-4-5-11(14(18)19)12(15)7-10/h4-5,7,9,18-19H,2-3,6,8H2,1H3/t9-/m0/s1. The fraction of sp³-hybridized carbons (Fsp3) is 0.462. The smallest absolute Gasteiger partial charge is 0.423 e. The lowest BCUT2D eigenvalue weighted by atomic mass is 9.79. The molecular weight excluding hydrogens is 248 g/mol. The van der Waals surface area contributed by atoms with Crippen molar-refractivity contribution in [3.63, 3.8) is 0 Å². The molecule has 19 heavy (non-hydrogen) atoms. The van der Waals surface area contributed by atoms with Crippen LogP contribution in [-0.4, -0.2) is 41.1 Å². The molecule has 102 valence electrons. The highest BCUT2D eigenvalue weighted by Crippen LogP contribution is 2.18. The third kappa shape index (κ3) is 3.14. The molecule has 0 aliphatic carbocycles. The Balaban J connectivity index is 2.17. The average molecular weight is 265 g/mol. The van der Waals surface area contributed by atoms with E-state index in [-0.39, 0.29) is 16.9 Å². The van der Waals surface area contributed by atoms with Crippen LogP contribution in [-0.2, 0) is 0 Å². The van der Waals surface area contributed by atoms with Gasteiger partial charge < -0.3 is 14.9 Å². The molecule has 1 atom stereocenters. The van der Waals surface area contributed by atoms with Crippen LogP contribution >= 0.6 is 0 Å². The number of carbonyl (C=O) groups excluding carboxylic acids is 1. The van der Waals surface area contributed by atoms with Crippen LogP contribution in [0.15, 0.2) is 18.2 Å². The molecule has 1 amide bonds. The number of benzene rings is 1. The first-order valence-electron chi connectivity index (χ1n) is 6.44. The fourth-order valence-corrected chi connectivity index (χ4v) is 2.43. The number of hydrogen-bond donors (Lipinski definition) is 2. The molecular formula is C13H17BFNO3. The van der Waals surface area contributed by atoms with E-state index in [0.717, 1.165) is 18.9 Å². The molecule has 1 heterocycles. The highest BCUT2D eigenvalue weighted by molar-refractivity contribution is 6.58. The minimum absolute atomic E-state index is 0.204. The van der Waals surface area contributed by atoms with E-state index in [2.05, 4.69) is 6.92 Å². The van der Waals surface area contributed by atoms with Crippen LogP contribution in [0.2, 0.25) is 0 Å². The van der Waals surface area contributed by atoms with Gasteiger partial charge in [-0.3, -0.25) is 4.79 Å². The highest BCUT2D eigenvalue weighted by atomic mass is 19.1. The summed E-state index contributed by atoms with van der Waals surface area (Å²) in [5.41, 5.74) is 0.0274. The van der Waals surface area contributed by atoms with E-state index in [1.165, 1.54) is 12.1 Å². The Morgan fingerprint density at radius 1 is 1.47 bits per heavy atom. The van der Waals surface area contributed by atoms with E-state index < -0.39 is 12.9 Å². The van der Waals surface area contributed by atoms with Crippen molar-refractivity contribution in [3.8, 4) is 0 Å². The van der Waals surface area contributed by atoms with Gasteiger partial charge in [-0.15, -0.1) is 0 Å². The first-order chi connectivity index (χ1) is 8.99. The van der Waals surface area contributed by atoms with Gasteiger partial charge in [-0.2, -0.15) is 0 Å². The summed E-state index contributed by atoms with van der Waals surface area (Å²) in [6.45, 7) is 3.46. The summed E-state index contributed by atoms with van der Waals surface area (Å²) in [7, 11) is -1.86. The number of piperidine rings is 1. The number of likely N-dealkylation sites (tertiary alicyclic amines) is 1. The van der Waals surface area contributed by atoms with E-state index in [1.807, 2.05) is 0 Å².